The molecule has 2 amide bonds. The third-order valence-corrected chi connectivity index (χ3v) is 5.37. The van der Waals surface area contributed by atoms with Gasteiger partial charge in [0.15, 0.2) is 11.5 Å². The molecule has 33 heavy (non-hydrogen) atoms. The largest absolute Gasteiger partial charge is 0.441 e. The minimum absolute atomic E-state index is 0.113. The zero-order valence-corrected chi connectivity index (χ0v) is 19.0. The van der Waals surface area contributed by atoms with Crippen LogP contribution < -0.4 is 10.6 Å². The molecule has 1 aliphatic heterocycles. The lowest BCUT2D eigenvalue weighted by Gasteiger charge is -2.24. The highest BCUT2D eigenvalue weighted by Gasteiger charge is 2.26. The first-order valence-corrected chi connectivity index (χ1v) is 10.5. The molecule has 0 saturated carbocycles. The van der Waals surface area contributed by atoms with Crippen LogP contribution in [0.5, 0.6) is 0 Å². The van der Waals surface area contributed by atoms with Gasteiger partial charge >= 0.3 is 6.09 Å². The van der Waals surface area contributed by atoms with Gasteiger partial charge < -0.3 is 14.8 Å². The van der Waals surface area contributed by atoms with E-state index in [4.69, 9.17) is 21.1 Å². The zero-order chi connectivity index (χ0) is 23.5. The number of hydrogen-bond acceptors (Lipinski definition) is 8. The summed E-state index contributed by atoms with van der Waals surface area (Å²) in [7, 11) is 1.63. The minimum atomic E-state index is -0.711. The van der Waals surface area contributed by atoms with Crippen molar-refractivity contribution in [3.8, 4) is 11.4 Å². The SMILES string of the molecule is Cc1ccc([C@@H](C)OC(=O)Nc2c(-c3ccc(NC(=O)C4COC4)cn3)nnn2C)c(Cl)n1. The zero-order valence-electron chi connectivity index (χ0n) is 18.2. The number of pyridine rings is 2. The fourth-order valence-electron chi connectivity index (χ4n) is 3.10. The Kier molecular flexibility index (Phi) is 6.52. The number of rotatable bonds is 6. The lowest BCUT2D eigenvalue weighted by atomic mass is 10.1. The first kappa shape index (κ1) is 22.6. The molecule has 0 unspecified atom stereocenters. The van der Waals surface area contributed by atoms with Crippen molar-refractivity contribution in [1.29, 1.82) is 0 Å². The van der Waals surface area contributed by atoms with Crippen LogP contribution in [0.4, 0.5) is 16.3 Å². The maximum Gasteiger partial charge on any atom is 0.413 e. The molecule has 0 radical (unpaired) electrons. The molecule has 1 atom stereocenters. The second kappa shape index (κ2) is 9.51. The van der Waals surface area contributed by atoms with Crippen molar-refractivity contribution in [2.45, 2.75) is 20.0 Å². The number of nitrogens with zero attached hydrogens (tertiary/aromatic N) is 5. The number of amides is 2. The average Bonchev–Trinajstić information content (AvgIpc) is 3.07. The number of aryl methyl sites for hydroxylation is 2. The summed E-state index contributed by atoms with van der Waals surface area (Å²) >= 11 is 6.17. The van der Waals surface area contributed by atoms with Crippen LogP contribution in [0.2, 0.25) is 5.15 Å². The van der Waals surface area contributed by atoms with Crippen molar-refractivity contribution >= 4 is 35.1 Å². The molecule has 1 fully saturated rings. The molecule has 1 saturated heterocycles. The maximum atomic E-state index is 12.5. The third-order valence-electron chi connectivity index (χ3n) is 5.07. The predicted molar refractivity (Wildman–Crippen MR) is 120 cm³/mol. The summed E-state index contributed by atoms with van der Waals surface area (Å²) in [5.41, 5.74) is 2.71. The summed E-state index contributed by atoms with van der Waals surface area (Å²) in [6, 6.07) is 6.93. The average molecular weight is 472 g/mol. The van der Waals surface area contributed by atoms with E-state index >= 15 is 0 Å². The third kappa shape index (κ3) is 5.10. The van der Waals surface area contributed by atoms with Gasteiger partial charge in [-0.2, -0.15) is 0 Å². The molecule has 4 rings (SSSR count). The van der Waals surface area contributed by atoms with Crippen LogP contribution in [0.1, 0.15) is 24.3 Å². The fourth-order valence-corrected chi connectivity index (χ4v) is 3.45. The topological polar surface area (TPSA) is 133 Å². The van der Waals surface area contributed by atoms with E-state index in [1.54, 1.807) is 38.2 Å². The molecule has 0 aliphatic carbocycles. The van der Waals surface area contributed by atoms with E-state index < -0.39 is 12.2 Å². The van der Waals surface area contributed by atoms with E-state index in [1.165, 1.54) is 10.9 Å². The van der Waals surface area contributed by atoms with Crippen LogP contribution in [0.3, 0.4) is 0 Å². The van der Waals surface area contributed by atoms with Crippen molar-refractivity contribution in [3.63, 3.8) is 0 Å². The van der Waals surface area contributed by atoms with Gasteiger partial charge in [0.05, 0.1) is 36.7 Å². The predicted octanol–water partition coefficient (Wildman–Crippen LogP) is 3.13. The molecule has 172 valence electrons. The Morgan fingerprint density at radius 1 is 1.24 bits per heavy atom. The molecule has 2 N–H and O–H groups in total. The van der Waals surface area contributed by atoms with Crippen LogP contribution in [0.25, 0.3) is 11.4 Å². The van der Waals surface area contributed by atoms with E-state index in [-0.39, 0.29) is 17.0 Å². The first-order chi connectivity index (χ1) is 15.8. The molecular weight excluding hydrogens is 450 g/mol. The number of anilines is 2. The number of halogens is 1. The van der Waals surface area contributed by atoms with Gasteiger partial charge in [-0.15, -0.1) is 5.10 Å². The smallest absolute Gasteiger partial charge is 0.413 e. The first-order valence-electron chi connectivity index (χ1n) is 10.2. The molecule has 1 aliphatic rings. The Morgan fingerprint density at radius 2 is 2.03 bits per heavy atom. The number of ether oxygens (including phenoxy) is 2. The Morgan fingerprint density at radius 3 is 2.67 bits per heavy atom. The van der Waals surface area contributed by atoms with E-state index in [0.717, 1.165) is 5.69 Å². The van der Waals surface area contributed by atoms with Crippen molar-refractivity contribution in [2.24, 2.45) is 13.0 Å². The fraction of sp³-hybridized carbons (Fsp3) is 0.333. The molecule has 3 aromatic heterocycles. The van der Waals surface area contributed by atoms with Gasteiger partial charge in [-0.25, -0.2) is 14.5 Å². The Labute approximate surface area is 194 Å². The lowest BCUT2D eigenvalue weighted by molar-refractivity contribution is -0.133. The number of carbonyl (C=O) groups excluding carboxylic acids is 2. The Hall–Kier alpha value is -3.57. The standard InChI is InChI=1S/C21H22ClN7O4/c1-11-4-6-15(18(22)24-11)12(2)33-21(31)26-19-17(27-28-29(19)3)16-7-5-14(8-23-16)25-20(30)13-9-32-10-13/h4-8,12-13H,9-10H2,1-3H3,(H,25,30)(H,26,31)/t12-/m1/s1. The molecular formula is C21H22ClN7O4. The van der Waals surface area contributed by atoms with Crippen LogP contribution in [0, 0.1) is 12.8 Å². The summed E-state index contributed by atoms with van der Waals surface area (Å²) in [5, 5.41) is 13.8. The van der Waals surface area contributed by atoms with Gasteiger partial charge in [-0.05, 0) is 32.0 Å². The normalized spacial score (nSPS) is 14.3. The highest BCUT2D eigenvalue weighted by atomic mass is 35.5. The van der Waals surface area contributed by atoms with E-state index in [0.29, 0.717) is 41.7 Å². The summed E-state index contributed by atoms with van der Waals surface area (Å²) in [6.45, 7) is 4.37. The Bertz CT molecular complexity index is 1180. The molecule has 4 heterocycles. The molecule has 3 aromatic rings. The van der Waals surface area contributed by atoms with Crippen LogP contribution in [-0.4, -0.2) is 50.2 Å². The number of hydrogen-bond donors (Lipinski definition) is 2. The summed E-state index contributed by atoms with van der Waals surface area (Å²) in [4.78, 5) is 33.1. The molecule has 12 heteroatoms. The molecule has 0 spiro atoms. The lowest BCUT2D eigenvalue weighted by Crippen LogP contribution is -2.38. The monoisotopic (exact) mass is 471 g/mol. The Balaban J connectivity index is 1.44. The van der Waals surface area contributed by atoms with Gasteiger partial charge in [0, 0.05) is 18.3 Å². The summed E-state index contributed by atoms with van der Waals surface area (Å²) in [6.07, 6.45) is 0.174. The van der Waals surface area contributed by atoms with Crippen LogP contribution in [-0.2, 0) is 21.3 Å². The van der Waals surface area contributed by atoms with Gasteiger partial charge in [0.2, 0.25) is 5.91 Å². The second-order valence-electron chi connectivity index (χ2n) is 7.57. The number of nitrogens with one attached hydrogen (secondary N) is 2. The minimum Gasteiger partial charge on any atom is -0.441 e. The second-order valence-corrected chi connectivity index (χ2v) is 7.93. The summed E-state index contributed by atoms with van der Waals surface area (Å²) < 4.78 is 11.9. The van der Waals surface area contributed by atoms with Gasteiger partial charge in [-0.3, -0.25) is 15.1 Å². The van der Waals surface area contributed by atoms with Crippen molar-refractivity contribution in [1.82, 2.24) is 25.0 Å². The van der Waals surface area contributed by atoms with E-state index in [2.05, 4.69) is 30.9 Å². The van der Waals surface area contributed by atoms with E-state index in [1.807, 2.05) is 6.92 Å². The van der Waals surface area contributed by atoms with Crippen molar-refractivity contribution in [2.75, 3.05) is 23.8 Å². The van der Waals surface area contributed by atoms with Crippen LogP contribution >= 0.6 is 11.6 Å². The highest BCUT2D eigenvalue weighted by Crippen LogP contribution is 2.27. The summed E-state index contributed by atoms with van der Waals surface area (Å²) in [5.74, 6) is 0.0501. The van der Waals surface area contributed by atoms with Crippen molar-refractivity contribution in [3.05, 3.63) is 46.9 Å². The van der Waals surface area contributed by atoms with Crippen molar-refractivity contribution < 1.29 is 19.1 Å². The number of carbonyl (C=O) groups is 2. The quantitative estimate of drug-likeness (QED) is 0.524. The van der Waals surface area contributed by atoms with E-state index in [9.17, 15) is 9.59 Å². The maximum absolute atomic E-state index is 12.5. The van der Waals surface area contributed by atoms with Gasteiger partial charge in [0.1, 0.15) is 11.3 Å². The number of aromatic nitrogens is 5. The molecule has 11 nitrogen and oxygen atoms in total. The van der Waals surface area contributed by atoms with Gasteiger partial charge in [-0.1, -0.05) is 22.9 Å². The van der Waals surface area contributed by atoms with Gasteiger partial charge in [0.25, 0.3) is 0 Å². The highest BCUT2D eigenvalue weighted by molar-refractivity contribution is 6.30. The molecule has 0 aromatic carbocycles. The molecule has 0 bridgehead atoms. The van der Waals surface area contributed by atoms with Crippen LogP contribution in [0.15, 0.2) is 30.5 Å².